The average molecular weight is 474 g/mol. The summed E-state index contributed by atoms with van der Waals surface area (Å²) in [4.78, 5) is 56.9. The molecule has 30 heavy (non-hydrogen) atoms. The highest BCUT2D eigenvalue weighted by molar-refractivity contribution is 9.10. The molecule has 0 atom stereocenters. The molecule has 0 saturated carbocycles. The average Bonchev–Trinajstić information content (AvgIpc) is 2.72. The molecule has 0 bridgehead atoms. The predicted molar refractivity (Wildman–Crippen MR) is 117 cm³/mol. The number of fused-ring (bicyclic) bond motifs is 1. The smallest absolute Gasteiger partial charge is 0.329 e. The summed E-state index contributed by atoms with van der Waals surface area (Å²) in [6, 6.07) is 8.52. The highest BCUT2D eigenvalue weighted by atomic mass is 79.9. The molecule has 2 heterocycles. The van der Waals surface area contributed by atoms with Crippen molar-refractivity contribution in [1.82, 2.24) is 19.4 Å². The Kier molecular flexibility index (Phi) is 6.46. The summed E-state index contributed by atoms with van der Waals surface area (Å²) in [5.41, 5.74) is -0.195. The molecule has 0 aliphatic heterocycles. The van der Waals surface area contributed by atoms with Crippen LogP contribution in [0, 0.1) is 0 Å². The Morgan fingerprint density at radius 2 is 2.00 bits per heavy atom. The molecule has 0 unspecified atom stereocenters. The Morgan fingerprint density at radius 3 is 2.70 bits per heavy atom. The van der Waals surface area contributed by atoms with Gasteiger partial charge in [-0.25, -0.2) is 9.78 Å². The second-order valence-corrected chi connectivity index (χ2v) is 7.55. The predicted octanol–water partition coefficient (Wildman–Crippen LogP) is 1.97. The second-order valence-electron chi connectivity index (χ2n) is 6.70. The second kappa shape index (κ2) is 9.04. The molecule has 2 amide bonds. The molecule has 156 valence electrons. The zero-order chi connectivity index (χ0) is 21.8. The summed E-state index contributed by atoms with van der Waals surface area (Å²) in [6.45, 7) is 2.10. The highest BCUT2D eigenvalue weighted by Crippen LogP contribution is 2.21. The Morgan fingerprint density at radius 1 is 1.27 bits per heavy atom. The number of aryl methyl sites for hydroxylation is 1. The monoisotopic (exact) mass is 473 g/mol. The summed E-state index contributed by atoms with van der Waals surface area (Å²) in [6.07, 6.45) is 1.98. The van der Waals surface area contributed by atoms with Gasteiger partial charge in [0.05, 0.1) is 23.2 Å². The number of pyridine rings is 1. The number of likely N-dealkylation sites (N-methyl/N-ethyl adjacent to an activating group) is 1. The van der Waals surface area contributed by atoms with E-state index in [0.717, 1.165) is 4.47 Å². The number of benzene rings is 1. The number of anilines is 1. The molecule has 1 aromatic carbocycles. The van der Waals surface area contributed by atoms with E-state index in [9.17, 15) is 19.2 Å². The first-order chi connectivity index (χ1) is 14.3. The minimum absolute atomic E-state index is 0.139. The third-order valence-corrected chi connectivity index (χ3v) is 5.09. The van der Waals surface area contributed by atoms with Crippen molar-refractivity contribution >= 4 is 44.5 Å². The van der Waals surface area contributed by atoms with Gasteiger partial charge in [0.2, 0.25) is 5.91 Å². The molecule has 0 aliphatic carbocycles. The van der Waals surface area contributed by atoms with Gasteiger partial charge in [-0.2, -0.15) is 0 Å². The maximum absolute atomic E-state index is 12.7. The third kappa shape index (κ3) is 4.48. The fourth-order valence-electron chi connectivity index (χ4n) is 2.98. The fourth-order valence-corrected chi connectivity index (χ4v) is 3.36. The number of nitrogens with zero attached hydrogens (tertiary/aromatic N) is 3. The van der Waals surface area contributed by atoms with E-state index >= 15 is 0 Å². The normalized spacial score (nSPS) is 10.8. The number of rotatable bonds is 6. The van der Waals surface area contributed by atoms with Crippen LogP contribution in [0.5, 0.6) is 0 Å². The number of amides is 2. The minimum Gasteiger partial charge on any atom is -0.332 e. The number of carbonyl (C=O) groups is 2. The summed E-state index contributed by atoms with van der Waals surface area (Å²) >= 11 is 3.35. The number of carbonyl (C=O) groups excluding carboxylic acids is 2. The standard InChI is InChI=1S/C20H20BrN5O4/c1-3-8-26-17-13(18(28)24-20(26)30)9-12(10-22-17)19(29)25(2)11-16(27)23-15-7-5-4-6-14(15)21/h4-7,9-10H,3,8,11H2,1-2H3,(H,23,27)(H,24,28,30). The van der Waals surface area contributed by atoms with Crippen LogP contribution in [-0.4, -0.2) is 44.8 Å². The van der Waals surface area contributed by atoms with Gasteiger partial charge in [0.15, 0.2) is 0 Å². The number of aromatic nitrogens is 3. The van der Waals surface area contributed by atoms with Crippen LogP contribution in [0.3, 0.4) is 0 Å². The first-order valence-corrected chi connectivity index (χ1v) is 10.0. The molecule has 3 aromatic rings. The molecule has 9 nitrogen and oxygen atoms in total. The Hall–Kier alpha value is -3.27. The molecular formula is C20H20BrN5O4. The van der Waals surface area contributed by atoms with Gasteiger partial charge in [-0.1, -0.05) is 19.1 Å². The number of hydrogen-bond donors (Lipinski definition) is 2. The maximum atomic E-state index is 12.7. The van der Waals surface area contributed by atoms with Crippen molar-refractivity contribution in [2.75, 3.05) is 18.9 Å². The molecule has 10 heteroatoms. The Balaban J connectivity index is 1.82. The first kappa shape index (κ1) is 21.4. The van der Waals surface area contributed by atoms with Gasteiger partial charge in [-0.05, 0) is 40.5 Å². The molecule has 3 rings (SSSR count). The van der Waals surface area contributed by atoms with Gasteiger partial charge < -0.3 is 10.2 Å². The van der Waals surface area contributed by atoms with E-state index in [2.05, 4.69) is 31.2 Å². The van der Waals surface area contributed by atoms with Crippen molar-refractivity contribution in [2.45, 2.75) is 19.9 Å². The minimum atomic E-state index is -0.612. The van der Waals surface area contributed by atoms with E-state index < -0.39 is 17.2 Å². The van der Waals surface area contributed by atoms with E-state index in [1.807, 2.05) is 13.0 Å². The van der Waals surface area contributed by atoms with E-state index in [-0.39, 0.29) is 29.0 Å². The molecule has 0 aliphatic rings. The van der Waals surface area contributed by atoms with Gasteiger partial charge in [0, 0.05) is 24.3 Å². The molecule has 0 radical (unpaired) electrons. The van der Waals surface area contributed by atoms with Crippen molar-refractivity contribution in [1.29, 1.82) is 0 Å². The fraction of sp³-hybridized carbons (Fsp3) is 0.250. The quantitative estimate of drug-likeness (QED) is 0.567. The molecule has 0 fully saturated rings. The summed E-state index contributed by atoms with van der Waals surface area (Å²) in [5.74, 6) is -0.847. The van der Waals surface area contributed by atoms with Crippen LogP contribution in [0.25, 0.3) is 11.0 Å². The van der Waals surface area contributed by atoms with Crippen LogP contribution in [0.2, 0.25) is 0 Å². The number of para-hydroxylation sites is 1. The van der Waals surface area contributed by atoms with Crippen molar-refractivity contribution < 1.29 is 9.59 Å². The zero-order valence-electron chi connectivity index (χ0n) is 16.4. The topological polar surface area (TPSA) is 117 Å². The number of aromatic amines is 1. The molecule has 0 spiro atoms. The van der Waals surface area contributed by atoms with Crippen LogP contribution >= 0.6 is 15.9 Å². The van der Waals surface area contributed by atoms with Crippen molar-refractivity contribution in [3.8, 4) is 0 Å². The lowest BCUT2D eigenvalue weighted by Crippen LogP contribution is -2.35. The van der Waals surface area contributed by atoms with Crippen molar-refractivity contribution in [3.05, 3.63) is 67.4 Å². The highest BCUT2D eigenvalue weighted by Gasteiger charge is 2.18. The number of hydrogen-bond acceptors (Lipinski definition) is 5. The Bertz CT molecular complexity index is 1230. The summed E-state index contributed by atoms with van der Waals surface area (Å²) in [5, 5.41) is 2.86. The van der Waals surface area contributed by atoms with Crippen molar-refractivity contribution in [2.24, 2.45) is 0 Å². The maximum Gasteiger partial charge on any atom is 0.329 e. The van der Waals surface area contributed by atoms with Crippen LogP contribution < -0.4 is 16.6 Å². The SMILES string of the molecule is CCCn1c(=O)[nH]c(=O)c2cc(C(=O)N(C)CC(=O)Nc3ccccc3Br)cnc21. The van der Waals surface area contributed by atoms with Gasteiger partial charge in [-0.3, -0.25) is 23.9 Å². The zero-order valence-corrected chi connectivity index (χ0v) is 18.0. The van der Waals surface area contributed by atoms with Gasteiger partial charge in [0.1, 0.15) is 5.65 Å². The Labute approximate surface area is 179 Å². The van der Waals surface area contributed by atoms with E-state index in [4.69, 9.17) is 0 Å². The van der Waals surface area contributed by atoms with E-state index in [1.54, 1.807) is 18.2 Å². The summed E-state index contributed by atoms with van der Waals surface area (Å²) < 4.78 is 2.09. The first-order valence-electron chi connectivity index (χ1n) is 9.24. The van der Waals surface area contributed by atoms with Crippen LogP contribution in [-0.2, 0) is 11.3 Å². The van der Waals surface area contributed by atoms with Gasteiger partial charge >= 0.3 is 5.69 Å². The number of nitrogens with one attached hydrogen (secondary N) is 2. The van der Waals surface area contributed by atoms with Crippen LogP contribution in [0.1, 0.15) is 23.7 Å². The van der Waals surface area contributed by atoms with Crippen LogP contribution in [0.4, 0.5) is 5.69 Å². The molecular weight excluding hydrogens is 454 g/mol. The lowest BCUT2D eigenvalue weighted by Gasteiger charge is -2.17. The molecule has 2 N–H and O–H groups in total. The number of halogens is 1. The molecule has 2 aromatic heterocycles. The van der Waals surface area contributed by atoms with Crippen LogP contribution in [0.15, 0.2) is 50.6 Å². The van der Waals surface area contributed by atoms with Gasteiger partial charge in [-0.15, -0.1) is 0 Å². The summed E-state index contributed by atoms with van der Waals surface area (Å²) in [7, 11) is 1.48. The number of H-pyrrole nitrogens is 1. The molecule has 0 saturated heterocycles. The van der Waals surface area contributed by atoms with E-state index in [0.29, 0.717) is 18.7 Å². The largest absolute Gasteiger partial charge is 0.332 e. The van der Waals surface area contributed by atoms with Gasteiger partial charge in [0.25, 0.3) is 11.5 Å². The van der Waals surface area contributed by atoms with E-state index in [1.165, 1.54) is 28.8 Å². The lowest BCUT2D eigenvalue weighted by molar-refractivity contribution is -0.116. The third-order valence-electron chi connectivity index (χ3n) is 4.40. The lowest BCUT2D eigenvalue weighted by atomic mass is 10.2. The van der Waals surface area contributed by atoms with Crippen molar-refractivity contribution in [3.63, 3.8) is 0 Å².